The molecule has 9 aromatic rings. The van der Waals surface area contributed by atoms with E-state index in [2.05, 4.69) is 235 Å². The maximum Gasteiger partial charge on any atom is 0.154 e. The van der Waals surface area contributed by atoms with Gasteiger partial charge in [-0.1, -0.05) is 197 Å². The molecule has 2 aliphatic heterocycles. The number of para-hydroxylation sites is 1. The molecule has 59 heavy (non-hydrogen) atoms. The second-order valence-corrected chi connectivity index (χ2v) is 18.6. The van der Waals surface area contributed by atoms with E-state index in [9.17, 15) is 0 Å². The molecule has 2 aliphatic rings. The van der Waals surface area contributed by atoms with Crippen molar-refractivity contribution in [1.29, 1.82) is 0 Å². The van der Waals surface area contributed by atoms with E-state index in [-0.39, 0.29) is 0 Å². The fourth-order valence-electron chi connectivity index (χ4n) is 9.11. The van der Waals surface area contributed by atoms with Crippen molar-refractivity contribution >= 4 is 53.2 Å². The van der Waals surface area contributed by atoms with Gasteiger partial charge in [0.2, 0.25) is 0 Å². The van der Waals surface area contributed by atoms with Crippen molar-refractivity contribution < 1.29 is 4.74 Å². The van der Waals surface area contributed by atoms with Crippen molar-refractivity contribution in [3.05, 3.63) is 253 Å². The Bertz CT molecular complexity index is 2790. The van der Waals surface area contributed by atoms with Crippen molar-refractivity contribution in [2.75, 3.05) is 4.90 Å². The summed E-state index contributed by atoms with van der Waals surface area (Å²) in [6, 6.07) is 84.0. The molecule has 9 aromatic carbocycles. The maximum atomic E-state index is 6.85. The van der Waals surface area contributed by atoms with Crippen LogP contribution in [0.2, 0.25) is 0 Å². The Labute approximate surface area is 351 Å². The minimum atomic E-state index is -1.23. The van der Waals surface area contributed by atoms with Gasteiger partial charge < -0.3 is 9.64 Å². The Morgan fingerprint density at radius 1 is 0.356 bits per heavy atom. The van der Waals surface area contributed by atoms with Crippen LogP contribution in [0, 0.1) is 0 Å². The summed E-state index contributed by atoms with van der Waals surface area (Å²) in [7, 11) is -1.23. The first-order valence-electron chi connectivity index (χ1n) is 20.1. The summed E-state index contributed by atoms with van der Waals surface area (Å²) in [6.45, 7) is 0. The third-order valence-electron chi connectivity index (χ3n) is 11.7. The lowest BCUT2D eigenvalue weighted by molar-refractivity contribution is 0.431. The van der Waals surface area contributed by atoms with E-state index in [1.54, 1.807) is 0 Å². The van der Waals surface area contributed by atoms with Gasteiger partial charge in [-0.3, -0.25) is 0 Å². The first-order chi connectivity index (χ1) is 29.3. The molecule has 279 valence electrons. The molecule has 2 nitrogen and oxygen atoms in total. The highest BCUT2D eigenvalue weighted by Gasteiger charge is 2.49. The lowest BCUT2D eigenvalue weighted by Crippen LogP contribution is -2.51. The minimum absolute atomic E-state index is 0.589. The second-order valence-electron chi connectivity index (χ2n) is 15.0. The summed E-state index contributed by atoms with van der Waals surface area (Å²) in [6.07, 6.45) is 0. The Morgan fingerprint density at radius 2 is 0.797 bits per heavy atom. The van der Waals surface area contributed by atoms with Gasteiger partial charge in [-0.25, -0.2) is 0 Å². The van der Waals surface area contributed by atoms with Crippen LogP contribution in [0.3, 0.4) is 0 Å². The number of hydrogen-bond acceptors (Lipinski definition) is 3. The summed E-state index contributed by atoms with van der Waals surface area (Å²) >= 11 is 1.85. The van der Waals surface area contributed by atoms with Gasteiger partial charge in [0.05, 0.1) is 5.41 Å². The molecule has 0 atom stereocenters. The van der Waals surface area contributed by atoms with Crippen LogP contribution in [-0.2, 0) is 5.41 Å². The molecule has 0 aliphatic carbocycles. The van der Waals surface area contributed by atoms with Crippen LogP contribution < -0.4 is 25.2 Å². The number of rotatable bonds is 7. The molecule has 1 radical (unpaired) electrons. The second kappa shape index (κ2) is 14.8. The van der Waals surface area contributed by atoms with Crippen molar-refractivity contribution in [3.8, 4) is 22.6 Å². The minimum Gasteiger partial charge on any atom is -0.457 e. The zero-order valence-electron chi connectivity index (χ0n) is 32.2. The molecule has 1 spiro atoms. The van der Waals surface area contributed by atoms with Gasteiger partial charge in [-0.2, -0.15) is 0 Å². The van der Waals surface area contributed by atoms with E-state index in [4.69, 9.17) is 4.74 Å². The van der Waals surface area contributed by atoms with Gasteiger partial charge in [0.15, 0.2) is 8.80 Å². The molecule has 2 heterocycles. The van der Waals surface area contributed by atoms with Crippen LogP contribution in [0.15, 0.2) is 240 Å². The lowest BCUT2D eigenvalue weighted by Gasteiger charge is -2.45. The Balaban J connectivity index is 1.11. The predicted molar refractivity (Wildman–Crippen MR) is 247 cm³/mol. The molecular weight excluding hydrogens is 751 g/mol. The average molecular weight is 789 g/mol. The van der Waals surface area contributed by atoms with Gasteiger partial charge >= 0.3 is 0 Å². The highest BCUT2D eigenvalue weighted by atomic mass is 32.2. The van der Waals surface area contributed by atoms with Crippen molar-refractivity contribution in [1.82, 2.24) is 0 Å². The summed E-state index contributed by atoms with van der Waals surface area (Å²) in [5.41, 5.74) is 9.88. The zero-order chi connectivity index (χ0) is 39.2. The normalized spacial score (nSPS) is 13.1. The highest BCUT2D eigenvalue weighted by molar-refractivity contribution is 7.99. The Morgan fingerprint density at radius 3 is 1.41 bits per heavy atom. The lowest BCUT2D eigenvalue weighted by atomic mass is 9.63. The number of benzene rings is 9. The van der Waals surface area contributed by atoms with Crippen LogP contribution in [0.25, 0.3) is 11.1 Å². The summed E-state index contributed by atoms with van der Waals surface area (Å²) in [5, 5.41) is 4.09. The van der Waals surface area contributed by atoms with Crippen LogP contribution in [0.5, 0.6) is 11.5 Å². The fraction of sp³-hybridized carbons (Fsp3) is 0.0182. The van der Waals surface area contributed by atoms with Crippen molar-refractivity contribution in [3.63, 3.8) is 0 Å². The first-order valence-corrected chi connectivity index (χ1v) is 22.4. The molecule has 0 unspecified atom stereocenters. The number of nitrogens with zero attached hydrogens (tertiary/aromatic N) is 1. The first kappa shape index (κ1) is 35.3. The van der Waals surface area contributed by atoms with E-state index in [1.165, 1.54) is 47.6 Å². The predicted octanol–water partition coefficient (Wildman–Crippen LogP) is 12.3. The molecule has 11 rings (SSSR count). The van der Waals surface area contributed by atoms with E-state index in [0.29, 0.717) is 0 Å². The summed E-state index contributed by atoms with van der Waals surface area (Å²) < 4.78 is 6.85. The Kier molecular flexibility index (Phi) is 8.87. The third-order valence-corrected chi connectivity index (χ3v) is 15.6. The monoisotopic (exact) mass is 788 g/mol. The third kappa shape index (κ3) is 6.03. The average Bonchev–Trinajstić information content (AvgIpc) is 3.31. The van der Waals surface area contributed by atoms with Crippen LogP contribution in [0.1, 0.15) is 22.3 Å². The van der Waals surface area contributed by atoms with E-state index >= 15 is 0 Å². The smallest absolute Gasteiger partial charge is 0.154 e. The number of ether oxygens (including phenoxy) is 1. The van der Waals surface area contributed by atoms with Crippen LogP contribution >= 0.6 is 11.8 Å². The zero-order valence-corrected chi connectivity index (χ0v) is 34.0. The number of anilines is 3. The standard InChI is InChI=1S/C55H38NOSSi/c1-4-16-39(17-5-1)40-28-30-41(31-29-40)56(42-32-35-46(36-33-42)59(44-18-6-2-7-19-44)45-20-8-3-9-21-45)43-34-37-52-50(38-43)55(47-22-10-13-25-51(47)57-52)48-23-11-14-26-53(48)58-54-27-15-12-24-49(54)55/h1-38H. The van der Waals surface area contributed by atoms with E-state index in [1.807, 2.05) is 11.8 Å². The van der Waals surface area contributed by atoms with Crippen molar-refractivity contribution in [2.24, 2.45) is 0 Å². The molecule has 0 N–H and O–H groups in total. The number of fused-ring (bicyclic) bond motifs is 8. The topological polar surface area (TPSA) is 12.5 Å². The molecule has 0 fully saturated rings. The molecule has 0 saturated heterocycles. The van der Waals surface area contributed by atoms with Gasteiger partial charge in [0.25, 0.3) is 0 Å². The Hall–Kier alpha value is -6.85. The summed E-state index contributed by atoms with van der Waals surface area (Å²) in [5.74, 6) is 1.76. The molecule has 0 amide bonds. The van der Waals surface area contributed by atoms with Gasteiger partial charge in [-0.05, 0) is 82.9 Å². The highest BCUT2D eigenvalue weighted by Crippen LogP contribution is 2.62. The molecular formula is C55H38NOSSi. The van der Waals surface area contributed by atoms with Crippen LogP contribution in [0.4, 0.5) is 17.1 Å². The summed E-state index contributed by atoms with van der Waals surface area (Å²) in [4.78, 5) is 4.93. The van der Waals surface area contributed by atoms with E-state index < -0.39 is 14.2 Å². The van der Waals surface area contributed by atoms with Gasteiger partial charge in [0, 0.05) is 38.0 Å². The maximum absolute atomic E-state index is 6.85. The van der Waals surface area contributed by atoms with Gasteiger partial charge in [-0.15, -0.1) is 0 Å². The fourth-order valence-corrected chi connectivity index (χ4v) is 12.9. The van der Waals surface area contributed by atoms with Gasteiger partial charge in [0.1, 0.15) is 11.5 Å². The quantitative estimate of drug-likeness (QED) is 0.118. The number of hydrogen-bond donors (Lipinski definition) is 0. The van der Waals surface area contributed by atoms with E-state index in [0.717, 1.165) is 39.7 Å². The van der Waals surface area contributed by atoms with Crippen molar-refractivity contribution in [2.45, 2.75) is 15.2 Å². The molecule has 0 bridgehead atoms. The largest absolute Gasteiger partial charge is 0.457 e. The SMILES string of the molecule is c1ccc(-c2ccc(N(c3ccc([Si](c4ccccc4)c4ccccc4)cc3)c3ccc4c(c3)C3(c5ccccc5O4)c4ccccc4Sc4ccccc43)cc2)cc1. The molecule has 4 heteroatoms. The molecule has 0 saturated carbocycles. The molecule has 0 aromatic heterocycles. The van der Waals surface area contributed by atoms with Crippen LogP contribution in [-0.4, -0.2) is 8.80 Å².